The maximum Gasteiger partial charge on any atom is 0.316 e. The van der Waals surface area contributed by atoms with Crippen molar-refractivity contribution in [3.63, 3.8) is 0 Å². The van der Waals surface area contributed by atoms with Gasteiger partial charge in [0, 0.05) is 5.02 Å². The van der Waals surface area contributed by atoms with Crippen molar-refractivity contribution in [2.24, 2.45) is 0 Å². The summed E-state index contributed by atoms with van der Waals surface area (Å²) in [4.78, 5) is 11.3. The van der Waals surface area contributed by atoms with Crippen LogP contribution in [0, 0.1) is 0 Å². The predicted molar refractivity (Wildman–Crippen MR) is 78.7 cm³/mol. The van der Waals surface area contributed by atoms with Gasteiger partial charge in [0.1, 0.15) is 11.5 Å². The molecule has 0 bridgehead atoms. The lowest BCUT2D eigenvalue weighted by Crippen LogP contribution is -2.06. The Hall–Kier alpha value is -1.73. The molecule has 0 unspecified atom stereocenters. The highest BCUT2D eigenvalue weighted by Crippen LogP contribution is 2.32. The summed E-state index contributed by atoms with van der Waals surface area (Å²) in [5, 5.41) is 8.61. The normalized spacial score (nSPS) is 10.4. The fraction of sp³-hybridized carbons (Fsp3) is 0.308. The summed E-state index contributed by atoms with van der Waals surface area (Å²) in [6.45, 7) is 2.09. The first-order valence-corrected chi connectivity index (χ1v) is 7.46. The summed E-state index contributed by atoms with van der Waals surface area (Å²) in [6, 6.07) is 5.09. The van der Waals surface area contributed by atoms with Crippen molar-refractivity contribution in [1.29, 1.82) is 0 Å². The van der Waals surface area contributed by atoms with Crippen LogP contribution in [0.3, 0.4) is 0 Å². The van der Waals surface area contributed by atoms with E-state index in [1.807, 2.05) is 0 Å². The van der Waals surface area contributed by atoms with Gasteiger partial charge in [0.15, 0.2) is 0 Å². The molecule has 1 aromatic carbocycles. The number of ether oxygens (including phenoxy) is 2. The minimum atomic E-state index is -0.331. The molecule has 2 aromatic rings. The van der Waals surface area contributed by atoms with Crippen molar-refractivity contribution in [3.8, 4) is 17.2 Å². The highest BCUT2D eigenvalue weighted by molar-refractivity contribution is 7.99. The quantitative estimate of drug-likeness (QED) is 0.596. The van der Waals surface area contributed by atoms with E-state index in [0.29, 0.717) is 22.9 Å². The maximum atomic E-state index is 11.3. The molecule has 0 radical (unpaired) electrons. The Labute approximate surface area is 130 Å². The molecular formula is C13H13ClN2O4S. The molecule has 2 rings (SSSR count). The monoisotopic (exact) mass is 328 g/mol. The SMILES string of the molecule is CCOC(=O)CSc1nnc(-c2cc(Cl)ccc2OC)o1. The average Bonchev–Trinajstić information content (AvgIpc) is 2.94. The Morgan fingerprint density at radius 3 is 2.95 bits per heavy atom. The zero-order chi connectivity index (χ0) is 15.2. The van der Waals surface area contributed by atoms with Crippen molar-refractivity contribution in [2.45, 2.75) is 12.1 Å². The van der Waals surface area contributed by atoms with Crippen LogP contribution in [0.5, 0.6) is 5.75 Å². The van der Waals surface area contributed by atoms with Gasteiger partial charge in [0.05, 0.1) is 19.3 Å². The topological polar surface area (TPSA) is 74.5 Å². The smallest absolute Gasteiger partial charge is 0.316 e. The number of nitrogens with zero attached hydrogens (tertiary/aromatic N) is 2. The first-order valence-electron chi connectivity index (χ1n) is 6.10. The third-order valence-corrected chi connectivity index (χ3v) is 3.44. The molecule has 0 aliphatic carbocycles. The summed E-state index contributed by atoms with van der Waals surface area (Å²) >= 11 is 7.07. The molecule has 0 aliphatic heterocycles. The van der Waals surface area contributed by atoms with Gasteiger partial charge in [-0.15, -0.1) is 10.2 Å². The Kier molecular flexibility index (Phi) is 5.46. The van der Waals surface area contributed by atoms with Gasteiger partial charge in [0.2, 0.25) is 0 Å². The van der Waals surface area contributed by atoms with Gasteiger partial charge in [-0.05, 0) is 25.1 Å². The van der Waals surface area contributed by atoms with Crippen LogP contribution < -0.4 is 4.74 Å². The van der Waals surface area contributed by atoms with E-state index in [1.54, 1.807) is 32.2 Å². The number of benzene rings is 1. The predicted octanol–water partition coefficient (Wildman–Crippen LogP) is 3.05. The Morgan fingerprint density at radius 1 is 1.43 bits per heavy atom. The van der Waals surface area contributed by atoms with Crippen LogP contribution in [-0.2, 0) is 9.53 Å². The number of rotatable bonds is 6. The molecule has 0 fully saturated rings. The van der Waals surface area contributed by atoms with Gasteiger partial charge in [-0.25, -0.2) is 0 Å². The number of thioether (sulfide) groups is 1. The number of hydrogen-bond acceptors (Lipinski definition) is 7. The molecule has 0 N–H and O–H groups in total. The first-order chi connectivity index (χ1) is 10.1. The van der Waals surface area contributed by atoms with E-state index in [2.05, 4.69) is 10.2 Å². The lowest BCUT2D eigenvalue weighted by Gasteiger charge is -2.04. The summed E-state index contributed by atoms with van der Waals surface area (Å²) in [6.07, 6.45) is 0. The Morgan fingerprint density at radius 2 is 2.24 bits per heavy atom. The Balaban J connectivity index is 2.13. The van der Waals surface area contributed by atoms with Crippen LogP contribution in [0.4, 0.5) is 0 Å². The number of aromatic nitrogens is 2. The van der Waals surface area contributed by atoms with Crippen molar-refractivity contribution in [2.75, 3.05) is 19.5 Å². The van der Waals surface area contributed by atoms with Gasteiger partial charge in [-0.3, -0.25) is 4.79 Å². The van der Waals surface area contributed by atoms with Crippen molar-refractivity contribution < 1.29 is 18.7 Å². The largest absolute Gasteiger partial charge is 0.496 e. The van der Waals surface area contributed by atoms with Crippen LogP contribution in [0.2, 0.25) is 5.02 Å². The summed E-state index contributed by atoms with van der Waals surface area (Å²) in [5.41, 5.74) is 0.598. The molecule has 1 heterocycles. The van der Waals surface area contributed by atoms with Crippen LogP contribution in [-0.4, -0.2) is 35.6 Å². The van der Waals surface area contributed by atoms with E-state index in [9.17, 15) is 4.79 Å². The Bertz CT molecular complexity index is 632. The summed E-state index contributed by atoms with van der Waals surface area (Å²) in [7, 11) is 1.54. The molecule has 0 aliphatic rings. The fourth-order valence-corrected chi connectivity index (χ4v) is 2.28. The van der Waals surface area contributed by atoms with Gasteiger partial charge < -0.3 is 13.9 Å². The lowest BCUT2D eigenvalue weighted by molar-refractivity contribution is -0.139. The highest BCUT2D eigenvalue weighted by Gasteiger charge is 2.15. The average molecular weight is 329 g/mol. The highest BCUT2D eigenvalue weighted by atomic mass is 35.5. The lowest BCUT2D eigenvalue weighted by atomic mass is 10.2. The van der Waals surface area contributed by atoms with Gasteiger partial charge in [-0.2, -0.15) is 0 Å². The maximum absolute atomic E-state index is 11.3. The van der Waals surface area contributed by atoms with Crippen LogP contribution >= 0.6 is 23.4 Å². The molecule has 1 aromatic heterocycles. The second-order valence-electron chi connectivity index (χ2n) is 3.81. The number of esters is 1. The number of halogens is 1. The van der Waals surface area contributed by atoms with E-state index >= 15 is 0 Å². The standard InChI is InChI=1S/C13H13ClN2O4S/c1-3-19-11(17)7-21-13-16-15-12(20-13)9-6-8(14)4-5-10(9)18-2/h4-6H,3,7H2,1-2H3. The summed E-state index contributed by atoms with van der Waals surface area (Å²) in [5.74, 6) is 0.635. The molecule has 0 amide bonds. The van der Waals surface area contributed by atoms with Gasteiger partial charge in [-0.1, -0.05) is 23.4 Å². The number of carbonyl (C=O) groups is 1. The third kappa shape index (κ3) is 4.12. The van der Waals surface area contributed by atoms with Crippen molar-refractivity contribution in [1.82, 2.24) is 10.2 Å². The van der Waals surface area contributed by atoms with E-state index in [-0.39, 0.29) is 22.8 Å². The van der Waals surface area contributed by atoms with E-state index in [4.69, 9.17) is 25.5 Å². The van der Waals surface area contributed by atoms with Crippen molar-refractivity contribution in [3.05, 3.63) is 23.2 Å². The minimum Gasteiger partial charge on any atom is -0.496 e. The number of hydrogen-bond donors (Lipinski definition) is 0. The van der Waals surface area contributed by atoms with E-state index < -0.39 is 0 Å². The molecule has 21 heavy (non-hydrogen) atoms. The van der Waals surface area contributed by atoms with Crippen molar-refractivity contribution >= 4 is 29.3 Å². The third-order valence-electron chi connectivity index (χ3n) is 2.42. The first kappa shape index (κ1) is 15.7. The molecule has 8 heteroatoms. The molecule has 112 valence electrons. The second kappa shape index (κ2) is 7.33. The van der Waals surface area contributed by atoms with E-state index in [1.165, 1.54) is 0 Å². The molecule has 6 nitrogen and oxygen atoms in total. The molecule has 0 spiro atoms. The zero-order valence-corrected chi connectivity index (χ0v) is 13.0. The zero-order valence-electron chi connectivity index (χ0n) is 11.5. The van der Waals surface area contributed by atoms with Gasteiger partial charge in [0.25, 0.3) is 11.1 Å². The van der Waals surface area contributed by atoms with E-state index in [0.717, 1.165) is 11.8 Å². The van der Waals surface area contributed by atoms with Crippen LogP contribution in [0.15, 0.2) is 27.8 Å². The fourth-order valence-electron chi connectivity index (χ4n) is 1.55. The number of carbonyl (C=O) groups excluding carboxylic acids is 1. The molecule has 0 atom stereocenters. The minimum absolute atomic E-state index is 0.113. The van der Waals surface area contributed by atoms with Crippen LogP contribution in [0.25, 0.3) is 11.5 Å². The van der Waals surface area contributed by atoms with Crippen LogP contribution in [0.1, 0.15) is 6.92 Å². The number of methoxy groups -OCH3 is 1. The molecule has 0 saturated carbocycles. The molecule has 0 saturated heterocycles. The van der Waals surface area contributed by atoms with Gasteiger partial charge >= 0.3 is 5.97 Å². The summed E-state index contributed by atoms with van der Waals surface area (Å²) < 4.78 is 15.5. The second-order valence-corrected chi connectivity index (χ2v) is 5.17. The molecular weight excluding hydrogens is 316 g/mol.